The van der Waals surface area contributed by atoms with Crippen LogP contribution >= 0.6 is 15.9 Å². The molecule has 4 rings (SSSR count). The average Bonchev–Trinajstić information content (AvgIpc) is 3.19. The van der Waals surface area contributed by atoms with E-state index in [4.69, 9.17) is 4.42 Å². The van der Waals surface area contributed by atoms with E-state index in [-0.39, 0.29) is 5.91 Å². The monoisotopic (exact) mass is 409 g/mol. The molecule has 0 aliphatic carbocycles. The molecule has 130 valence electrons. The minimum absolute atomic E-state index is 0.209. The normalized spacial score (nSPS) is 11.0. The summed E-state index contributed by atoms with van der Waals surface area (Å²) in [6.07, 6.45) is 1.94. The van der Waals surface area contributed by atoms with Gasteiger partial charge in [0.05, 0.1) is 0 Å². The molecule has 0 unspecified atom stereocenters. The smallest absolute Gasteiger partial charge is 0.256 e. The lowest BCUT2D eigenvalue weighted by atomic mass is 10.2. The summed E-state index contributed by atoms with van der Waals surface area (Å²) in [6.45, 7) is 3.87. The first-order valence-corrected chi connectivity index (χ1v) is 8.93. The molecule has 1 aromatic carbocycles. The van der Waals surface area contributed by atoms with Crippen LogP contribution in [0.15, 0.2) is 63.6 Å². The van der Waals surface area contributed by atoms with E-state index < -0.39 is 0 Å². The molecule has 0 saturated carbocycles. The van der Waals surface area contributed by atoms with E-state index in [9.17, 15) is 4.79 Å². The van der Waals surface area contributed by atoms with E-state index in [1.165, 1.54) is 0 Å². The fourth-order valence-electron chi connectivity index (χ4n) is 2.81. The van der Waals surface area contributed by atoms with Crippen LogP contribution in [0.1, 0.15) is 21.7 Å². The lowest BCUT2D eigenvalue weighted by molar-refractivity contribution is 0.102. The summed E-state index contributed by atoms with van der Waals surface area (Å²) in [6, 6.07) is 14.9. The van der Waals surface area contributed by atoms with Crippen molar-refractivity contribution in [3.05, 3.63) is 76.1 Å². The molecule has 4 aromatic rings. The minimum Gasteiger partial charge on any atom is -0.460 e. The van der Waals surface area contributed by atoms with Crippen molar-refractivity contribution < 1.29 is 9.21 Å². The van der Waals surface area contributed by atoms with Crippen LogP contribution in [0.4, 0.5) is 5.82 Å². The molecule has 6 heteroatoms. The molecule has 0 aliphatic rings. The van der Waals surface area contributed by atoms with Gasteiger partial charge in [-0.25, -0.2) is 4.98 Å². The number of pyridine rings is 1. The number of nitrogens with zero attached hydrogens (tertiary/aromatic N) is 2. The van der Waals surface area contributed by atoms with Crippen LogP contribution in [0, 0.1) is 13.8 Å². The van der Waals surface area contributed by atoms with E-state index >= 15 is 0 Å². The number of benzene rings is 1. The van der Waals surface area contributed by atoms with Crippen LogP contribution in [0.25, 0.3) is 17.1 Å². The summed E-state index contributed by atoms with van der Waals surface area (Å²) < 4.78 is 8.46. The summed E-state index contributed by atoms with van der Waals surface area (Å²) in [5.74, 6) is 1.79. The van der Waals surface area contributed by atoms with Crippen LogP contribution in [-0.2, 0) is 0 Å². The standard InChI is InChI=1S/C20H16BrN3O2/c1-12-6-9-17-22-18(16-8-7-13(2)26-16)19(24(17)11-12)23-20(25)14-4-3-5-15(21)10-14/h3-11H,1-2H3,(H,23,25). The van der Waals surface area contributed by atoms with E-state index in [0.29, 0.717) is 22.8 Å². The summed E-state index contributed by atoms with van der Waals surface area (Å²) in [5.41, 5.74) is 2.97. The Hall–Kier alpha value is -2.86. The predicted molar refractivity (Wildman–Crippen MR) is 104 cm³/mol. The van der Waals surface area contributed by atoms with Crippen molar-refractivity contribution in [2.24, 2.45) is 0 Å². The van der Waals surface area contributed by atoms with Gasteiger partial charge < -0.3 is 9.73 Å². The molecule has 5 nitrogen and oxygen atoms in total. The van der Waals surface area contributed by atoms with Crippen molar-refractivity contribution in [2.75, 3.05) is 5.32 Å². The van der Waals surface area contributed by atoms with Crippen molar-refractivity contribution in [3.63, 3.8) is 0 Å². The number of rotatable bonds is 3. The van der Waals surface area contributed by atoms with Crippen LogP contribution in [0.3, 0.4) is 0 Å². The maximum absolute atomic E-state index is 12.8. The lowest BCUT2D eigenvalue weighted by Crippen LogP contribution is -2.14. The number of fused-ring (bicyclic) bond motifs is 1. The van der Waals surface area contributed by atoms with Gasteiger partial charge in [0.2, 0.25) is 0 Å². The van der Waals surface area contributed by atoms with Gasteiger partial charge in [0, 0.05) is 16.2 Å². The van der Waals surface area contributed by atoms with E-state index in [1.807, 2.05) is 60.8 Å². The van der Waals surface area contributed by atoms with Gasteiger partial charge in [-0.1, -0.05) is 28.1 Å². The number of hydrogen-bond donors (Lipinski definition) is 1. The van der Waals surface area contributed by atoms with Gasteiger partial charge in [0.1, 0.15) is 22.9 Å². The Morgan fingerprint density at radius 2 is 2.00 bits per heavy atom. The number of hydrogen-bond acceptors (Lipinski definition) is 3. The highest BCUT2D eigenvalue weighted by Gasteiger charge is 2.19. The second-order valence-corrected chi connectivity index (χ2v) is 7.03. The van der Waals surface area contributed by atoms with Gasteiger partial charge in [-0.2, -0.15) is 0 Å². The number of carbonyl (C=O) groups excluding carboxylic acids is 1. The van der Waals surface area contributed by atoms with Gasteiger partial charge in [0.15, 0.2) is 5.76 Å². The van der Waals surface area contributed by atoms with Crippen LogP contribution in [0.5, 0.6) is 0 Å². The third-order valence-electron chi connectivity index (χ3n) is 4.06. The highest BCUT2D eigenvalue weighted by atomic mass is 79.9. The Balaban J connectivity index is 1.84. The number of amides is 1. The fourth-order valence-corrected chi connectivity index (χ4v) is 3.21. The van der Waals surface area contributed by atoms with E-state index in [2.05, 4.69) is 26.2 Å². The SMILES string of the molecule is Cc1ccc2nc(-c3ccc(C)o3)c(NC(=O)c3cccc(Br)c3)n2c1. The largest absolute Gasteiger partial charge is 0.460 e. The number of anilines is 1. The van der Waals surface area contributed by atoms with Crippen molar-refractivity contribution >= 4 is 33.3 Å². The van der Waals surface area contributed by atoms with Gasteiger partial charge in [0.25, 0.3) is 5.91 Å². The first-order chi connectivity index (χ1) is 12.5. The zero-order valence-electron chi connectivity index (χ0n) is 14.3. The van der Waals surface area contributed by atoms with Crippen molar-refractivity contribution in [1.29, 1.82) is 0 Å². The lowest BCUT2D eigenvalue weighted by Gasteiger charge is -2.08. The second kappa shape index (κ2) is 6.46. The Labute approximate surface area is 158 Å². The van der Waals surface area contributed by atoms with E-state index in [1.54, 1.807) is 12.1 Å². The molecular weight excluding hydrogens is 394 g/mol. The topological polar surface area (TPSA) is 59.5 Å². The zero-order valence-corrected chi connectivity index (χ0v) is 15.9. The molecule has 0 aliphatic heterocycles. The molecule has 0 radical (unpaired) electrons. The van der Waals surface area contributed by atoms with Crippen molar-refractivity contribution in [3.8, 4) is 11.5 Å². The van der Waals surface area contributed by atoms with Crippen LogP contribution in [-0.4, -0.2) is 15.3 Å². The summed E-state index contributed by atoms with van der Waals surface area (Å²) in [4.78, 5) is 17.4. The van der Waals surface area contributed by atoms with Gasteiger partial charge in [-0.05, 0) is 55.8 Å². The number of imidazole rings is 1. The molecule has 0 spiro atoms. The Bertz CT molecular complexity index is 1130. The van der Waals surface area contributed by atoms with Crippen LogP contribution in [0.2, 0.25) is 0 Å². The highest BCUT2D eigenvalue weighted by molar-refractivity contribution is 9.10. The molecule has 3 aromatic heterocycles. The third-order valence-corrected chi connectivity index (χ3v) is 4.55. The van der Waals surface area contributed by atoms with Gasteiger partial charge in [-0.3, -0.25) is 9.20 Å². The molecule has 1 amide bonds. The summed E-state index contributed by atoms with van der Waals surface area (Å²) >= 11 is 3.40. The van der Waals surface area contributed by atoms with Crippen molar-refractivity contribution in [2.45, 2.75) is 13.8 Å². The Morgan fingerprint density at radius 3 is 2.73 bits per heavy atom. The third kappa shape index (κ3) is 3.04. The Kier molecular flexibility index (Phi) is 4.12. The van der Waals surface area contributed by atoms with Crippen LogP contribution < -0.4 is 5.32 Å². The first kappa shape index (κ1) is 16.6. The maximum Gasteiger partial charge on any atom is 0.256 e. The molecule has 0 fully saturated rings. The zero-order chi connectivity index (χ0) is 18.3. The second-order valence-electron chi connectivity index (χ2n) is 6.12. The number of halogens is 1. The number of furan rings is 1. The summed E-state index contributed by atoms with van der Waals surface area (Å²) in [7, 11) is 0. The number of carbonyl (C=O) groups is 1. The minimum atomic E-state index is -0.209. The van der Waals surface area contributed by atoms with Gasteiger partial charge >= 0.3 is 0 Å². The Morgan fingerprint density at radius 1 is 1.15 bits per heavy atom. The number of nitrogens with one attached hydrogen (secondary N) is 1. The molecule has 1 N–H and O–H groups in total. The highest BCUT2D eigenvalue weighted by Crippen LogP contribution is 2.31. The average molecular weight is 410 g/mol. The molecule has 26 heavy (non-hydrogen) atoms. The molecule has 0 atom stereocenters. The molecule has 0 saturated heterocycles. The van der Waals surface area contributed by atoms with Crippen molar-refractivity contribution in [1.82, 2.24) is 9.38 Å². The molecular formula is C20H16BrN3O2. The molecule has 0 bridgehead atoms. The number of aromatic nitrogens is 2. The maximum atomic E-state index is 12.8. The number of aryl methyl sites for hydroxylation is 2. The quantitative estimate of drug-likeness (QED) is 0.504. The summed E-state index contributed by atoms with van der Waals surface area (Å²) in [5, 5.41) is 2.99. The first-order valence-electron chi connectivity index (χ1n) is 8.14. The molecule has 3 heterocycles. The van der Waals surface area contributed by atoms with Gasteiger partial charge in [-0.15, -0.1) is 0 Å². The fraction of sp³-hybridized carbons (Fsp3) is 0.100. The predicted octanol–water partition coefficient (Wildman–Crippen LogP) is 5.23. The van der Waals surface area contributed by atoms with E-state index in [0.717, 1.165) is 21.4 Å².